The molecule has 11 heteroatoms. The molecule has 0 bridgehead atoms. The monoisotopic (exact) mass is 551 g/mol. The molecule has 1 unspecified atom stereocenters. The first-order valence-corrected chi connectivity index (χ1v) is 13.0. The van der Waals surface area contributed by atoms with Gasteiger partial charge in [0.25, 0.3) is 10.0 Å². The number of hydrogen-bond donors (Lipinski definition) is 1. The molecule has 7 nitrogen and oxygen atoms in total. The Hall–Kier alpha value is -3.14. The van der Waals surface area contributed by atoms with Crippen molar-refractivity contribution < 1.29 is 22.4 Å². The van der Waals surface area contributed by atoms with Crippen molar-refractivity contribution in [2.75, 3.05) is 17.9 Å². The fourth-order valence-corrected chi connectivity index (χ4v) is 5.39. The summed E-state index contributed by atoms with van der Waals surface area (Å²) >= 11 is 12.5. The molecule has 2 amide bonds. The molecule has 0 fully saturated rings. The van der Waals surface area contributed by atoms with E-state index in [4.69, 9.17) is 23.2 Å². The summed E-state index contributed by atoms with van der Waals surface area (Å²) in [5.74, 6) is -1.58. The van der Waals surface area contributed by atoms with Crippen molar-refractivity contribution >= 4 is 50.7 Å². The van der Waals surface area contributed by atoms with E-state index in [2.05, 4.69) is 5.32 Å². The lowest BCUT2D eigenvalue weighted by atomic mass is 10.1. The Bertz CT molecular complexity index is 1340. The van der Waals surface area contributed by atoms with Gasteiger partial charge in [0.2, 0.25) is 11.8 Å². The molecular formula is C25H24Cl2FN3O4S. The van der Waals surface area contributed by atoms with E-state index in [-0.39, 0.29) is 27.2 Å². The summed E-state index contributed by atoms with van der Waals surface area (Å²) in [5, 5.41) is 2.55. The van der Waals surface area contributed by atoms with Crippen LogP contribution in [-0.4, -0.2) is 44.8 Å². The molecule has 0 saturated heterocycles. The number of benzene rings is 3. The molecular weight excluding hydrogens is 528 g/mol. The zero-order valence-electron chi connectivity index (χ0n) is 19.5. The van der Waals surface area contributed by atoms with Gasteiger partial charge in [-0.05, 0) is 48.9 Å². The van der Waals surface area contributed by atoms with Crippen molar-refractivity contribution in [1.82, 2.24) is 10.2 Å². The minimum atomic E-state index is -4.26. The fraction of sp³-hybridized carbons (Fsp3) is 0.200. The molecule has 3 aromatic rings. The number of nitrogens with zero attached hydrogens (tertiary/aromatic N) is 2. The largest absolute Gasteiger partial charge is 0.357 e. The number of carbonyl (C=O) groups excluding carboxylic acids is 2. The molecule has 0 heterocycles. The van der Waals surface area contributed by atoms with Crippen molar-refractivity contribution in [3.05, 3.63) is 94.2 Å². The fourth-order valence-electron chi connectivity index (χ4n) is 3.50. The van der Waals surface area contributed by atoms with E-state index < -0.39 is 40.2 Å². The van der Waals surface area contributed by atoms with E-state index in [0.717, 1.165) is 4.31 Å². The lowest BCUT2D eigenvalue weighted by Gasteiger charge is -2.32. The van der Waals surface area contributed by atoms with E-state index in [1.165, 1.54) is 73.5 Å². The quantitative estimate of drug-likeness (QED) is 0.424. The normalized spacial score (nSPS) is 12.0. The van der Waals surface area contributed by atoms with Gasteiger partial charge in [-0.3, -0.25) is 13.9 Å². The van der Waals surface area contributed by atoms with E-state index in [0.29, 0.717) is 5.56 Å². The molecule has 0 aliphatic carbocycles. The molecule has 1 N–H and O–H groups in total. The maximum atomic E-state index is 13.6. The number of hydrogen-bond acceptors (Lipinski definition) is 4. The van der Waals surface area contributed by atoms with E-state index in [1.54, 1.807) is 18.2 Å². The number of rotatable bonds is 9. The van der Waals surface area contributed by atoms with Crippen molar-refractivity contribution in [1.29, 1.82) is 0 Å². The topological polar surface area (TPSA) is 86.8 Å². The molecule has 3 aromatic carbocycles. The second-order valence-electron chi connectivity index (χ2n) is 7.84. The Kier molecular flexibility index (Phi) is 8.94. The van der Waals surface area contributed by atoms with Crippen LogP contribution < -0.4 is 9.62 Å². The van der Waals surface area contributed by atoms with Gasteiger partial charge < -0.3 is 10.2 Å². The van der Waals surface area contributed by atoms with Crippen LogP contribution in [0.4, 0.5) is 10.1 Å². The lowest BCUT2D eigenvalue weighted by Crippen LogP contribution is -2.50. The summed E-state index contributed by atoms with van der Waals surface area (Å²) < 4.78 is 41.6. The molecule has 190 valence electrons. The van der Waals surface area contributed by atoms with Gasteiger partial charge in [0.1, 0.15) is 18.4 Å². The Labute approximate surface area is 219 Å². The zero-order valence-corrected chi connectivity index (χ0v) is 21.8. The molecule has 0 aromatic heterocycles. The van der Waals surface area contributed by atoms with Crippen LogP contribution in [0.15, 0.2) is 77.7 Å². The summed E-state index contributed by atoms with van der Waals surface area (Å²) in [6, 6.07) is 16.5. The minimum absolute atomic E-state index is 0.00991. The van der Waals surface area contributed by atoms with Crippen LogP contribution in [-0.2, 0) is 26.2 Å². The molecule has 1 atom stereocenters. The second-order valence-corrected chi connectivity index (χ2v) is 10.5. The molecule has 0 spiro atoms. The van der Waals surface area contributed by atoms with Crippen molar-refractivity contribution in [3.8, 4) is 0 Å². The van der Waals surface area contributed by atoms with E-state index in [1.807, 2.05) is 0 Å². The van der Waals surface area contributed by atoms with Crippen LogP contribution in [0, 0.1) is 5.82 Å². The number of amides is 2. The third-order valence-corrected chi connectivity index (χ3v) is 8.07. The van der Waals surface area contributed by atoms with Gasteiger partial charge in [-0.1, -0.05) is 59.6 Å². The predicted octanol–water partition coefficient (Wildman–Crippen LogP) is 4.49. The summed E-state index contributed by atoms with van der Waals surface area (Å²) in [6.45, 7) is 0.790. The molecule has 3 rings (SSSR count). The third kappa shape index (κ3) is 6.16. The second kappa shape index (κ2) is 11.7. The first kappa shape index (κ1) is 27.4. The number of halogens is 3. The Morgan fingerprint density at radius 3 is 2.22 bits per heavy atom. The SMILES string of the molecule is CNC(=O)C(C)N(Cc1ccc(F)cc1)C(=O)CN(c1cccc(Cl)c1Cl)S(=O)(=O)c1ccccc1. The van der Waals surface area contributed by atoms with Crippen LogP contribution in [0.1, 0.15) is 12.5 Å². The number of nitrogens with one attached hydrogen (secondary N) is 1. The Morgan fingerprint density at radius 1 is 0.972 bits per heavy atom. The molecule has 0 saturated carbocycles. The summed E-state index contributed by atoms with van der Waals surface area (Å²) in [6.07, 6.45) is 0. The number of sulfonamides is 1. The summed E-state index contributed by atoms with van der Waals surface area (Å²) in [7, 11) is -2.83. The Balaban J connectivity index is 2.06. The standard InChI is InChI=1S/C25H24Cl2FN3O4S/c1-17(25(33)29-2)30(15-18-11-13-19(28)14-12-18)23(32)16-31(22-10-6-9-21(26)24(22)27)36(34,35)20-7-4-3-5-8-20/h3-14,17H,15-16H2,1-2H3,(H,29,33). The third-order valence-electron chi connectivity index (χ3n) is 5.49. The van der Waals surface area contributed by atoms with E-state index >= 15 is 0 Å². The first-order valence-electron chi connectivity index (χ1n) is 10.8. The van der Waals surface area contributed by atoms with E-state index in [9.17, 15) is 22.4 Å². The highest BCUT2D eigenvalue weighted by atomic mass is 35.5. The van der Waals surface area contributed by atoms with Gasteiger partial charge in [-0.25, -0.2) is 12.8 Å². The molecule has 0 radical (unpaired) electrons. The maximum absolute atomic E-state index is 13.6. The first-order chi connectivity index (χ1) is 17.1. The number of anilines is 1. The highest BCUT2D eigenvalue weighted by Gasteiger charge is 2.33. The lowest BCUT2D eigenvalue weighted by molar-refractivity contribution is -0.139. The van der Waals surface area contributed by atoms with Gasteiger partial charge in [-0.2, -0.15) is 0 Å². The van der Waals surface area contributed by atoms with Gasteiger partial charge in [0.05, 0.1) is 20.6 Å². The minimum Gasteiger partial charge on any atom is -0.357 e. The van der Waals surface area contributed by atoms with Crippen LogP contribution in [0.2, 0.25) is 10.0 Å². The number of likely N-dealkylation sites (N-methyl/N-ethyl adjacent to an activating group) is 1. The number of carbonyl (C=O) groups is 2. The summed E-state index contributed by atoms with van der Waals surface area (Å²) in [5.41, 5.74) is 0.564. The molecule has 36 heavy (non-hydrogen) atoms. The van der Waals surface area contributed by atoms with Crippen LogP contribution in [0.5, 0.6) is 0 Å². The van der Waals surface area contributed by atoms with Crippen LogP contribution in [0.3, 0.4) is 0 Å². The maximum Gasteiger partial charge on any atom is 0.264 e. The zero-order chi connectivity index (χ0) is 26.5. The average Bonchev–Trinajstić information content (AvgIpc) is 2.88. The van der Waals surface area contributed by atoms with Gasteiger partial charge in [0, 0.05) is 13.6 Å². The highest BCUT2D eigenvalue weighted by molar-refractivity contribution is 7.92. The smallest absolute Gasteiger partial charge is 0.264 e. The van der Waals surface area contributed by atoms with Gasteiger partial charge >= 0.3 is 0 Å². The highest BCUT2D eigenvalue weighted by Crippen LogP contribution is 2.35. The summed E-state index contributed by atoms with van der Waals surface area (Å²) in [4.78, 5) is 27.2. The molecule has 0 aliphatic heterocycles. The Morgan fingerprint density at radius 2 is 1.61 bits per heavy atom. The molecule has 0 aliphatic rings. The van der Waals surface area contributed by atoms with Crippen molar-refractivity contribution in [2.24, 2.45) is 0 Å². The van der Waals surface area contributed by atoms with Crippen LogP contribution in [0.25, 0.3) is 0 Å². The van der Waals surface area contributed by atoms with Gasteiger partial charge in [0.15, 0.2) is 0 Å². The van der Waals surface area contributed by atoms with Crippen molar-refractivity contribution in [2.45, 2.75) is 24.4 Å². The van der Waals surface area contributed by atoms with Crippen molar-refractivity contribution in [3.63, 3.8) is 0 Å². The van der Waals surface area contributed by atoms with Gasteiger partial charge in [-0.15, -0.1) is 0 Å². The average molecular weight is 552 g/mol. The van der Waals surface area contributed by atoms with Crippen LogP contribution >= 0.6 is 23.2 Å². The predicted molar refractivity (Wildman–Crippen MR) is 138 cm³/mol.